The van der Waals surface area contributed by atoms with E-state index in [1.54, 1.807) is 18.2 Å². The van der Waals surface area contributed by atoms with Crippen molar-refractivity contribution < 1.29 is 13.6 Å². The zero-order valence-corrected chi connectivity index (χ0v) is 12.9. The molecule has 0 aliphatic rings. The molecule has 25 heavy (non-hydrogen) atoms. The Kier molecular flexibility index (Phi) is 4.42. The van der Waals surface area contributed by atoms with Gasteiger partial charge in [-0.2, -0.15) is 0 Å². The van der Waals surface area contributed by atoms with Crippen molar-refractivity contribution in [1.82, 2.24) is 14.9 Å². The van der Waals surface area contributed by atoms with Gasteiger partial charge in [-0.1, -0.05) is 18.2 Å². The topological polar surface area (TPSA) is 84.0 Å². The van der Waals surface area contributed by atoms with Gasteiger partial charge < -0.3 is 10.3 Å². The highest BCUT2D eigenvalue weighted by Crippen LogP contribution is 2.09. The van der Waals surface area contributed by atoms with Gasteiger partial charge in [0.2, 0.25) is 5.91 Å². The van der Waals surface area contributed by atoms with Gasteiger partial charge in [0, 0.05) is 18.2 Å². The highest BCUT2D eigenvalue weighted by molar-refractivity contribution is 5.78. The van der Waals surface area contributed by atoms with Crippen LogP contribution in [-0.2, 0) is 17.9 Å². The van der Waals surface area contributed by atoms with Crippen LogP contribution < -0.4 is 16.6 Å². The van der Waals surface area contributed by atoms with Gasteiger partial charge in [-0.25, -0.2) is 13.6 Å². The molecule has 0 saturated carbocycles. The maximum absolute atomic E-state index is 13.5. The summed E-state index contributed by atoms with van der Waals surface area (Å²) >= 11 is 0. The molecule has 3 aromatic rings. The van der Waals surface area contributed by atoms with E-state index in [0.717, 1.165) is 10.6 Å². The summed E-state index contributed by atoms with van der Waals surface area (Å²) in [6.07, 6.45) is 0. The average Bonchev–Trinajstić information content (AvgIpc) is 2.58. The third kappa shape index (κ3) is 3.47. The molecule has 0 unspecified atom stereocenters. The van der Waals surface area contributed by atoms with Crippen molar-refractivity contribution in [3.63, 3.8) is 0 Å². The van der Waals surface area contributed by atoms with Crippen molar-refractivity contribution >= 4 is 16.8 Å². The number of benzene rings is 2. The van der Waals surface area contributed by atoms with E-state index < -0.39 is 35.3 Å². The lowest BCUT2D eigenvalue weighted by Gasteiger charge is -2.08. The predicted octanol–water partition coefficient (Wildman–Crippen LogP) is 1.28. The average molecular weight is 345 g/mol. The van der Waals surface area contributed by atoms with Crippen LogP contribution in [0.1, 0.15) is 5.56 Å². The lowest BCUT2D eigenvalue weighted by atomic mass is 10.2. The van der Waals surface area contributed by atoms with E-state index in [1.807, 2.05) is 0 Å². The molecule has 0 spiro atoms. The summed E-state index contributed by atoms with van der Waals surface area (Å²) in [5.41, 5.74) is -0.841. The van der Waals surface area contributed by atoms with E-state index in [1.165, 1.54) is 12.1 Å². The molecule has 6 nitrogen and oxygen atoms in total. The summed E-state index contributed by atoms with van der Waals surface area (Å²) in [7, 11) is 0. The van der Waals surface area contributed by atoms with E-state index >= 15 is 0 Å². The number of para-hydroxylation sites is 1. The van der Waals surface area contributed by atoms with Gasteiger partial charge in [0.05, 0.1) is 10.9 Å². The van der Waals surface area contributed by atoms with Crippen LogP contribution in [0, 0.1) is 11.6 Å². The molecular formula is C17H13F2N3O3. The second kappa shape index (κ2) is 6.68. The Morgan fingerprint density at radius 2 is 1.88 bits per heavy atom. The number of fused-ring (bicyclic) bond motifs is 1. The third-order valence-corrected chi connectivity index (χ3v) is 3.68. The van der Waals surface area contributed by atoms with Crippen molar-refractivity contribution in [1.29, 1.82) is 0 Å². The van der Waals surface area contributed by atoms with Crippen LogP contribution in [0.15, 0.2) is 52.1 Å². The molecule has 0 radical (unpaired) electrons. The van der Waals surface area contributed by atoms with Gasteiger partial charge in [-0.05, 0) is 18.2 Å². The van der Waals surface area contributed by atoms with Crippen LogP contribution in [0.3, 0.4) is 0 Å². The van der Waals surface area contributed by atoms with E-state index in [-0.39, 0.29) is 17.5 Å². The summed E-state index contributed by atoms with van der Waals surface area (Å²) in [5, 5.41) is 2.67. The quantitative estimate of drug-likeness (QED) is 0.747. The Balaban J connectivity index is 1.78. The van der Waals surface area contributed by atoms with Gasteiger partial charge in [0.1, 0.15) is 18.2 Å². The molecule has 0 atom stereocenters. The lowest BCUT2D eigenvalue weighted by Crippen LogP contribution is -2.40. The maximum Gasteiger partial charge on any atom is 0.329 e. The van der Waals surface area contributed by atoms with Gasteiger partial charge in [-0.3, -0.25) is 14.2 Å². The minimum Gasteiger partial charge on any atom is -0.350 e. The molecule has 2 aromatic carbocycles. The first-order valence-corrected chi connectivity index (χ1v) is 7.38. The Morgan fingerprint density at radius 3 is 2.64 bits per heavy atom. The number of hydrogen-bond acceptors (Lipinski definition) is 3. The van der Waals surface area contributed by atoms with Crippen LogP contribution >= 0.6 is 0 Å². The van der Waals surface area contributed by atoms with E-state index in [9.17, 15) is 23.2 Å². The fraction of sp³-hybridized carbons (Fsp3) is 0.118. The molecular weight excluding hydrogens is 332 g/mol. The zero-order valence-electron chi connectivity index (χ0n) is 12.9. The number of H-pyrrole nitrogens is 1. The molecule has 128 valence electrons. The maximum atomic E-state index is 13.5. The molecule has 8 heteroatoms. The smallest absolute Gasteiger partial charge is 0.329 e. The van der Waals surface area contributed by atoms with Crippen LogP contribution in [0.4, 0.5) is 8.78 Å². The van der Waals surface area contributed by atoms with Crippen LogP contribution in [0.2, 0.25) is 0 Å². The number of rotatable bonds is 4. The highest BCUT2D eigenvalue weighted by Gasteiger charge is 2.12. The first-order valence-electron chi connectivity index (χ1n) is 7.38. The largest absolute Gasteiger partial charge is 0.350 e. The summed E-state index contributed by atoms with van der Waals surface area (Å²) < 4.78 is 27.1. The molecule has 0 fully saturated rings. The normalized spacial score (nSPS) is 10.8. The van der Waals surface area contributed by atoms with Crippen molar-refractivity contribution in [2.24, 2.45) is 0 Å². The van der Waals surface area contributed by atoms with Gasteiger partial charge in [0.25, 0.3) is 5.56 Å². The summed E-state index contributed by atoms with van der Waals surface area (Å²) in [6, 6.07) is 9.43. The first kappa shape index (κ1) is 16.6. The molecule has 0 bridgehead atoms. The fourth-order valence-electron chi connectivity index (χ4n) is 2.40. The van der Waals surface area contributed by atoms with Crippen molar-refractivity contribution in [2.45, 2.75) is 13.1 Å². The number of aromatic amines is 1. The zero-order chi connectivity index (χ0) is 18.0. The molecule has 0 aliphatic carbocycles. The number of hydrogen-bond donors (Lipinski definition) is 2. The molecule has 1 amide bonds. The van der Waals surface area contributed by atoms with Crippen molar-refractivity contribution in [3.8, 4) is 0 Å². The van der Waals surface area contributed by atoms with Crippen LogP contribution in [0.25, 0.3) is 10.9 Å². The monoisotopic (exact) mass is 345 g/mol. The minimum atomic E-state index is -0.791. The number of aromatic nitrogens is 2. The Labute approximate surface area is 139 Å². The Bertz CT molecular complexity index is 1070. The minimum absolute atomic E-state index is 0.0921. The summed E-state index contributed by atoms with van der Waals surface area (Å²) in [4.78, 5) is 38.8. The lowest BCUT2D eigenvalue weighted by molar-refractivity contribution is -0.121. The molecule has 0 aliphatic heterocycles. The van der Waals surface area contributed by atoms with Crippen molar-refractivity contribution in [2.75, 3.05) is 0 Å². The molecule has 0 saturated heterocycles. The number of carbonyl (C=O) groups is 1. The summed E-state index contributed by atoms with van der Waals surface area (Å²) in [6.45, 7) is -0.701. The van der Waals surface area contributed by atoms with Crippen LogP contribution in [0.5, 0.6) is 0 Å². The van der Waals surface area contributed by atoms with Crippen molar-refractivity contribution in [3.05, 3.63) is 80.5 Å². The number of carbonyl (C=O) groups excluding carboxylic acids is 1. The highest BCUT2D eigenvalue weighted by atomic mass is 19.1. The first-order chi connectivity index (χ1) is 12.0. The number of halogens is 2. The molecule has 1 aromatic heterocycles. The SMILES string of the molecule is O=C(Cn1c(=O)[nH]c2ccccc2c1=O)NCc1ccc(F)cc1F. The number of amides is 1. The molecule has 1 heterocycles. The van der Waals surface area contributed by atoms with E-state index in [0.29, 0.717) is 11.6 Å². The molecule has 3 rings (SSSR count). The third-order valence-electron chi connectivity index (χ3n) is 3.68. The van der Waals surface area contributed by atoms with E-state index in [4.69, 9.17) is 0 Å². The van der Waals surface area contributed by atoms with Gasteiger partial charge in [-0.15, -0.1) is 0 Å². The second-order valence-corrected chi connectivity index (χ2v) is 5.38. The standard InChI is InChI=1S/C17H13F2N3O3/c18-11-6-5-10(13(19)7-11)8-20-15(23)9-22-16(24)12-3-1-2-4-14(12)21-17(22)25/h1-7H,8-9H2,(H,20,23)(H,21,25). The number of nitrogens with one attached hydrogen (secondary N) is 2. The Morgan fingerprint density at radius 1 is 1.12 bits per heavy atom. The van der Waals surface area contributed by atoms with E-state index in [2.05, 4.69) is 10.3 Å². The number of nitrogens with zero attached hydrogens (tertiary/aromatic N) is 1. The van der Waals surface area contributed by atoms with Crippen LogP contribution in [-0.4, -0.2) is 15.5 Å². The Hall–Kier alpha value is -3.29. The van der Waals surface area contributed by atoms with Gasteiger partial charge >= 0.3 is 5.69 Å². The molecule has 2 N–H and O–H groups in total. The fourth-order valence-corrected chi connectivity index (χ4v) is 2.40. The van der Waals surface area contributed by atoms with Gasteiger partial charge in [0.15, 0.2) is 0 Å². The second-order valence-electron chi connectivity index (χ2n) is 5.38. The predicted molar refractivity (Wildman–Crippen MR) is 87.0 cm³/mol. The summed E-state index contributed by atoms with van der Waals surface area (Å²) in [5.74, 6) is -2.16.